The molecule has 36 heavy (non-hydrogen) atoms. The minimum atomic E-state index is -0.347. The van der Waals surface area contributed by atoms with Crippen molar-refractivity contribution in [3.63, 3.8) is 0 Å². The molecule has 190 valence electrons. The van der Waals surface area contributed by atoms with E-state index in [-0.39, 0.29) is 5.91 Å². The highest BCUT2D eigenvalue weighted by atomic mass is 16.1. The maximum atomic E-state index is 11.7. The molecule has 0 spiro atoms. The second-order valence-electron chi connectivity index (χ2n) is 10.0. The van der Waals surface area contributed by atoms with Crippen LogP contribution >= 0.6 is 0 Å². The van der Waals surface area contributed by atoms with Gasteiger partial charge in [-0.15, -0.1) is 0 Å². The van der Waals surface area contributed by atoms with E-state index < -0.39 is 0 Å². The summed E-state index contributed by atoms with van der Waals surface area (Å²) in [7, 11) is 2.03. The number of pyridine rings is 1. The second-order valence-corrected chi connectivity index (χ2v) is 10.0. The molecule has 1 unspecified atom stereocenters. The Morgan fingerprint density at radius 2 is 1.78 bits per heavy atom. The predicted octanol–water partition coefficient (Wildman–Crippen LogP) is 2.27. The number of hydrogen-bond acceptors (Lipinski definition) is 8. The number of primary amides is 1. The van der Waals surface area contributed by atoms with Gasteiger partial charge in [0.05, 0.1) is 5.70 Å². The minimum absolute atomic E-state index is 0.347. The lowest BCUT2D eigenvalue weighted by molar-refractivity contribution is -0.114. The molecule has 5 heterocycles. The SMILES string of the molecule is CC1=C(N2CCN(C3=NC(N4CCCC4C)=NC(c4ccncc4)=CC3)CC2)N(C)CC(C(N)=O)=C1. The lowest BCUT2D eigenvalue weighted by atomic mass is 10.1. The maximum Gasteiger partial charge on any atom is 0.246 e. The third kappa shape index (κ3) is 4.87. The van der Waals surface area contributed by atoms with Crippen molar-refractivity contribution in [2.75, 3.05) is 46.3 Å². The van der Waals surface area contributed by atoms with E-state index in [1.807, 2.05) is 37.7 Å². The number of likely N-dealkylation sites (tertiary alicyclic amines) is 1. The van der Waals surface area contributed by atoms with Gasteiger partial charge >= 0.3 is 0 Å². The number of carbonyl (C=O) groups excluding carboxylic acids is 1. The average Bonchev–Trinajstić information content (AvgIpc) is 3.18. The number of allylic oxidation sites excluding steroid dienone is 2. The Morgan fingerprint density at radius 1 is 1.06 bits per heavy atom. The van der Waals surface area contributed by atoms with Crippen LogP contribution in [0.5, 0.6) is 0 Å². The van der Waals surface area contributed by atoms with Crippen LogP contribution in [0.15, 0.2) is 63.6 Å². The molecule has 0 aromatic carbocycles. The number of likely N-dealkylation sites (N-methyl/N-ethyl adjacent to an activating group) is 1. The summed E-state index contributed by atoms with van der Waals surface area (Å²) in [6.45, 7) is 9.42. The third-order valence-electron chi connectivity index (χ3n) is 7.49. The van der Waals surface area contributed by atoms with Crippen LogP contribution in [-0.2, 0) is 4.79 Å². The Hall–Kier alpha value is -3.62. The number of amidine groups is 1. The first kappa shape index (κ1) is 24.1. The summed E-state index contributed by atoms with van der Waals surface area (Å²) >= 11 is 0. The van der Waals surface area contributed by atoms with E-state index in [0.29, 0.717) is 18.2 Å². The third-order valence-corrected chi connectivity index (χ3v) is 7.49. The van der Waals surface area contributed by atoms with E-state index in [1.54, 1.807) is 0 Å². The highest BCUT2D eigenvalue weighted by molar-refractivity contribution is 6.01. The van der Waals surface area contributed by atoms with Crippen molar-refractivity contribution >= 4 is 23.4 Å². The van der Waals surface area contributed by atoms with Gasteiger partial charge in [-0.25, -0.2) is 4.99 Å². The molecule has 5 rings (SSSR count). The Kier molecular flexibility index (Phi) is 6.80. The van der Waals surface area contributed by atoms with E-state index in [1.165, 1.54) is 18.7 Å². The van der Waals surface area contributed by atoms with Crippen LogP contribution in [0.1, 0.15) is 38.7 Å². The van der Waals surface area contributed by atoms with Gasteiger partial charge in [0.2, 0.25) is 11.9 Å². The molecule has 1 aromatic heterocycles. The van der Waals surface area contributed by atoms with E-state index in [9.17, 15) is 4.79 Å². The van der Waals surface area contributed by atoms with Gasteiger partial charge in [0.25, 0.3) is 0 Å². The van der Waals surface area contributed by atoms with Crippen molar-refractivity contribution < 1.29 is 4.79 Å². The van der Waals surface area contributed by atoms with E-state index in [0.717, 1.165) is 67.8 Å². The van der Waals surface area contributed by atoms with Gasteiger partial charge < -0.3 is 25.3 Å². The summed E-state index contributed by atoms with van der Waals surface area (Å²) in [6.07, 6.45) is 10.9. The lowest BCUT2D eigenvalue weighted by Crippen LogP contribution is -2.51. The van der Waals surface area contributed by atoms with Crippen LogP contribution in [0.4, 0.5) is 0 Å². The Bertz CT molecular complexity index is 1160. The van der Waals surface area contributed by atoms with Crippen molar-refractivity contribution in [1.82, 2.24) is 24.6 Å². The standard InChI is InChI=1S/C27H36N8O/c1-19-17-22(25(28)36)18-32(3)26(19)34-15-13-33(14-16-34)24-7-6-23(21-8-10-29-11-9-21)30-27(31-24)35-12-4-5-20(35)2/h6,8-11,17,20H,4-5,7,12-16,18H2,1-3H3,(H2,28,36). The zero-order chi connectivity index (χ0) is 25.2. The number of guanidine groups is 1. The number of amides is 1. The van der Waals surface area contributed by atoms with Crippen molar-refractivity contribution in [3.8, 4) is 0 Å². The van der Waals surface area contributed by atoms with E-state index in [4.69, 9.17) is 15.7 Å². The number of nitrogens with zero attached hydrogens (tertiary/aromatic N) is 7. The summed E-state index contributed by atoms with van der Waals surface area (Å²) in [5.41, 5.74) is 9.31. The number of piperazine rings is 1. The van der Waals surface area contributed by atoms with Crippen LogP contribution in [0.2, 0.25) is 0 Å². The van der Waals surface area contributed by atoms with E-state index in [2.05, 4.69) is 44.5 Å². The van der Waals surface area contributed by atoms with Gasteiger partial charge in [-0.2, -0.15) is 4.99 Å². The summed E-state index contributed by atoms with van der Waals surface area (Å²) < 4.78 is 0. The van der Waals surface area contributed by atoms with Crippen LogP contribution in [0.3, 0.4) is 0 Å². The zero-order valence-corrected chi connectivity index (χ0v) is 21.5. The molecule has 1 aromatic rings. The molecule has 0 saturated carbocycles. The van der Waals surface area contributed by atoms with Crippen LogP contribution < -0.4 is 5.73 Å². The lowest BCUT2D eigenvalue weighted by Gasteiger charge is -2.43. The number of aromatic nitrogens is 1. The Morgan fingerprint density at radius 3 is 2.42 bits per heavy atom. The van der Waals surface area contributed by atoms with Crippen molar-refractivity contribution in [3.05, 3.63) is 59.2 Å². The molecule has 1 atom stereocenters. The van der Waals surface area contributed by atoms with Crippen LogP contribution in [0, 0.1) is 0 Å². The fourth-order valence-electron chi connectivity index (χ4n) is 5.61. The Balaban J connectivity index is 1.35. The monoisotopic (exact) mass is 488 g/mol. The highest BCUT2D eigenvalue weighted by Crippen LogP contribution is 2.27. The molecule has 0 radical (unpaired) electrons. The first-order chi connectivity index (χ1) is 17.4. The molecular weight excluding hydrogens is 452 g/mol. The molecule has 2 saturated heterocycles. The van der Waals surface area contributed by atoms with Crippen molar-refractivity contribution in [1.29, 1.82) is 0 Å². The predicted molar refractivity (Wildman–Crippen MR) is 143 cm³/mol. The van der Waals surface area contributed by atoms with Gasteiger partial charge in [-0.1, -0.05) is 6.08 Å². The summed E-state index contributed by atoms with van der Waals surface area (Å²) in [6, 6.07) is 4.47. The number of aliphatic imine (C=N–C) groups is 2. The highest BCUT2D eigenvalue weighted by Gasteiger charge is 2.29. The largest absolute Gasteiger partial charge is 0.366 e. The topological polar surface area (TPSA) is 93.7 Å². The first-order valence-electron chi connectivity index (χ1n) is 12.9. The fraction of sp³-hybridized carbons (Fsp3) is 0.481. The molecule has 1 amide bonds. The minimum Gasteiger partial charge on any atom is -0.366 e. The molecule has 9 nitrogen and oxygen atoms in total. The Labute approximate surface area is 213 Å². The first-order valence-corrected chi connectivity index (χ1v) is 12.9. The molecule has 4 aliphatic rings. The van der Waals surface area contributed by atoms with Gasteiger partial charge in [-0.3, -0.25) is 9.78 Å². The molecule has 0 aliphatic carbocycles. The van der Waals surface area contributed by atoms with Gasteiger partial charge in [0, 0.05) is 82.3 Å². The maximum absolute atomic E-state index is 11.7. The van der Waals surface area contributed by atoms with Gasteiger partial charge in [-0.05, 0) is 50.5 Å². The van der Waals surface area contributed by atoms with Gasteiger partial charge in [0.1, 0.15) is 11.7 Å². The number of nitrogens with two attached hydrogens (primary N) is 1. The zero-order valence-electron chi connectivity index (χ0n) is 21.5. The number of rotatable bonds is 3. The van der Waals surface area contributed by atoms with Gasteiger partial charge in [0.15, 0.2) is 0 Å². The number of hydrogen-bond donors (Lipinski definition) is 1. The van der Waals surface area contributed by atoms with Crippen LogP contribution in [-0.4, -0.2) is 94.6 Å². The molecule has 2 fully saturated rings. The fourth-order valence-corrected chi connectivity index (χ4v) is 5.61. The van der Waals surface area contributed by atoms with Crippen molar-refractivity contribution in [2.45, 2.75) is 39.2 Å². The molecular formula is C27H36N8O. The molecule has 2 N–H and O–H groups in total. The smallest absolute Gasteiger partial charge is 0.246 e. The average molecular weight is 489 g/mol. The quantitative estimate of drug-likeness (QED) is 0.702. The van der Waals surface area contributed by atoms with E-state index >= 15 is 0 Å². The number of carbonyl (C=O) groups is 1. The summed E-state index contributed by atoms with van der Waals surface area (Å²) in [4.78, 5) is 35.4. The van der Waals surface area contributed by atoms with Crippen LogP contribution in [0.25, 0.3) is 5.70 Å². The van der Waals surface area contributed by atoms with Crippen molar-refractivity contribution in [2.24, 2.45) is 15.7 Å². The summed E-state index contributed by atoms with van der Waals surface area (Å²) in [5, 5.41) is 0. The normalized spacial score (nSPS) is 23.2. The molecule has 0 bridgehead atoms. The summed E-state index contributed by atoms with van der Waals surface area (Å²) in [5.74, 6) is 2.73. The molecule has 4 aliphatic heterocycles. The molecule has 9 heteroatoms. The second kappa shape index (κ2) is 10.2.